The van der Waals surface area contributed by atoms with Crippen molar-refractivity contribution in [3.63, 3.8) is 0 Å². The number of hydrogen-bond donors (Lipinski definition) is 2. The molecule has 0 bridgehead atoms. The molecular weight excluding hydrogens is 412 g/mol. The topological polar surface area (TPSA) is 144 Å². The molecule has 1 aromatic heterocycles. The lowest BCUT2D eigenvalue weighted by Crippen LogP contribution is -2.13. The Bertz CT molecular complexity index is 1200. The van der Waals surface area contributed by atoms with Crippen LogP contribution in [-0.4, -0.2) is 24.4 Å². The van der Waals surface area contributed by atoms with Crippen LogP contribution in [0.1, 0.15) is 11.3 Å². The number of nitro groups is 1. The van der Waals surface area contributed by atoms with Gasteiger partial charge in [0.25, 0.3) is 15.7 Å². The zero-order chi connectivity index (χ0) is 21.7. The number of aromatic nitrogens is 1. The van der Waals surface area contributed by atoms with Gasteiger partial charge in [0, 0.05) is 30.0 Å². The molecule has 0 fully saturated rings. The predicted octanol–water partition coefficient (Wildman–Crippen LogP) is 3.34. The monoisotopic (exact) mass is 428 g/mol. The molecule has 0 saturated carbocycles. The van der Waals surface area contributed by atoms with Crippen molar-refractivity contribution in [3.05, 3.63) is 82.1 Å². The van der Waals surface area contributed by atoms with E-state index in [2.05, 4.69) is 15.2 Å². The van der Waals surface area contributed by atoms with E-state index in [1.54, 1.807) is 6.92 Å². The summed E-state index contributed by atoms with van der Waals surface area (Å²) < 4.78 is 31.8. The average molecular weight is 428 g/mol. The standard InChI is InChI=1S/C19H16N4O6S/c1-13-12-18(21-29-13)22-30(27,28)17-9-5-15(6-10-17)20-19(24)11-4-14-2-7-16(8-3-14)23(25)26/h2-12H,1H3,(H,20,24)(H,21,22). The number of hydrogen-bond acceptors (Lipinski definition) is 7. The third-order valence-electron chi connectivity index (χ3n) is 3.83. The number of carbonyl (C=O) groups is 1. The molecule has 0 saturated heterocycles. The van der Waals surface area contributed by atoms with E-state index in [4.69, 9.17) is 4.52 Å². The summed E-state index contributed by atoms with van der Waals surface area (Å²) in [6.45, 7) is 1.64. The summed E-state index contributed by atoms with van der Waals surface area (Å²) in [4.78, 5) is 22.1. The quantitative estimate of drug-likeness (QED) is 0.333. The maximum atomic E-state index is 12.3. The molecule has 11 heteroatoms. The SMILES string of the molecule is Cc1cc(NS(=O)(=O)c2ccc(NC(=O)C=Cc3ccc([N+](=O)[O-])cc3)cc2)no1. The van der Waals surface area contributed by atoms with Crippen LogP contribution in [0.15, 0.2) is 70.1 Å². The van der Waals surface area contributed by atoms with Gasteiger partial charge in [0.1, 0.15) is 5.76 Å². The summed E-state index contributed by atoms with van der Waals surface area (Å²) in [5, 5.41) is 16.8. The number of nitrogens with zero attached hydrogens (tertiary/aromatic N) is 2. The van der Waals surface area contributed by atoms with Crippen LogP contribution in [0.25, 0.3) is 6.08 Å². The number of aryl methyl sites for hydroxylation is 1. The highest BCUT2D eigenvalue weighted by Crippen LogP contribution is 2.18. The fraction of sp³-hybridized carbons (Fsp3) is 0.0526. The highest BCUT2D eigenvalue weighted by Gasteiger charge is 2.16. The van der Waals surface area contributed by atoms with E-state index in [-0.39, 0.29) is 16.4 Å². The lowest BCUT2D eigenvalue weighted by molar-refractivity contribution is -0.384. The first-order valence-electron chi connectivity index (χ1n) is 8.53. The van der Waals surface area contributed by atoms with Gasteiger partial charge >= 0.3 is 0 Å². The van der Waals surface area contributed by atoms with Gasteiger partial charge in [-0.2, -0.15) is 0 Å². The number of carbonyl (C=O) groups excluding carboxylic acids is 1. The highest BCUT2D eigenvalue weighted by molar-refractivity contribution is 7.92. The van der Waals surface area contributed by atoms with Gasteiger partial charge < -0.3 is 9.84 Å². The lowest BCUT2D eigenvalue weighted by Gasteiger charge is -2.06. The molecule has 30 heavy (non-hydrogen) atoms. The zero-order valence-electron chi connectivity index (χ0n) is 15.6. The number of non-ortho nitro benzene ring substituents is 1. The number of benzene rings is 2. The van der Waals surface area contributed by atoms with Crippen LogP contribution in [0.2, 0.25) is 0 Å². The highest BCUT2D eigenvalue weighted by atomic mass is 32.2. The molecule has 0 atom stereocenters. The second-order valence-electron chi connectivity index (χ2n) is 6.12. The molecule has 3 aromatic rings. The second-order valence-corrected chi connectivity index (χ2v) is 7.81. The molecule has 0 aliphatic carbocycles. The Kier molecular flexibility index (Phi) is 5.93. The smallest absolute Gasteiger partial charge is 0.269 e. The minimum atomic E-state index is -3.85. The summed E-state index contributed by atoms with van der Waals surface area (Å²) >= 11 is 0. The number of rotatable bonds is 7. The van der Waals surface area contributed by atoms with Gasteiger partial charge in [-0.25, -0.2) is 8.42 Å². The molecule has 3 rings (SSSR count). The number of sulfonamides is 1. The molecule has 0 aliphatic heterocycles. The maximum absolute atomic E-state index is 12.3. The molecule has 0 radical (unpaired) electrons. The predicted molar refractivity (Wildman–Crippen MR) is 109 cm³/mol. The van der Waals surface area contributed by atoms with Crippen LogP contribution < -0.4 is 10.0 Å². The van der Waals surface area contributed by atoms with Crippen molar-refractivity contribution in [3.8, 4) is 0 Å². The van der Waals surface area contributed by atoms with E-state index in [0.717, 1.165) is 0 Å². The largest absolute Gasteiger partial charge is 0.360 e. The molecule has 1 heterocycles. The minimum Gasteiger partial charge on any atom is -0.360 e. The fourth-order valence-electron chi connectivity index (χ4n) is 2.39. The van der Waals surface area contributed by atoms with Crippen LogP contribution in [-0.2, 0) is 14.8 Å². The average Bonchev–Trinajstić information content (AvgIpc) is 3.11. The van der Waals surface area contributed by atoms with Crippen molar-refractivity contribution in [2.24, 2.45) is 0 Å². The van der Waals surface area contributed by atoms with Crippen molar-refractivity contribution >= 4 is 39.2 Å². The van der Waals surface area contributed by atoms with E-state index < -0.39 is 20.9 Å². The van der Waals surface area contributed by atoms with E-state index >= 15 is 0 Å². The van der Waals surface area contributed by atoms with Crippen LogP contribution >= 0.6 is 0 Å². The Hall–Kier alpha value is -3.99. The molecule has 1 amide bonds. The normalized spacial score (nSPS) is 11.4. The summed E-state index contributed by atoms with van der Waals surface area (Å²) in [5.41, 5.74) is 0.968. The molecule has 2 aromatic carbocycles. The first-order chi connectivity index (χ1) is 14.2. The number of amides is 1. The molecule has 0 aliphatic rings. The van der Waals surface area contributed by atoms with Crippen molar-refractivity contribution < 1.29 is 22.7 Å². The first kappa shape index (κ1) is 20.7. The van der Waals surface area contributed by atoms with E-state index in [0.29, 0.717) is 17.0 Å². The van der Waals surface area contributed by atoms with Gasteiger partial charge in [-0.15, -0.1) is 0 Å². The summed E-state index contributed by atoms with van der Waals surface area (Å²) in [7, 11) is -3.85. The van der Waals surface area contributed by atoms with E-state index in [1.165, 1.54) is 66.7 Å². The Morgan fingerprint density at radius 1 is 1.13 bits per heavy atom. The summed E-state index contributed by atoms with van der Waals surface area (Å²) in [6, 6.07) is 12.7. The molecule has 2 N–H and O–H groups in total. The molecule has 0 spiro atoms. The van der Waals surface area contributed by atoms with Gasteiger partial charge in [0.2, 0.25) is 5.91 Å². The fourth-order valence-corrected chi connectivity index (χ4v) is 3.38. The molecule has 10 nitrogen and oxygen atoms in total. The molecule has 0 unspecified atom stereocenters. The maximum Gasteiger partial charge on any atom is 0.269 e. The Labute approximate surface area is 171 Å². The molecular formula is C19H16N4O6S. The summed E-state index contributed by atoms with van der Waals surface area (Å²) in [5.74, 6) is 0.0916. The Morgan fingerprint density at radius 3 is 2.37 bits per heavy atom. The number of anilines is 2. The zero-order valence-corrected chi connectivity index (χ0v) is 16.4. The van der Waals surface area contributed by atoms with Gasteiger partial charge in [-0.1, -0.05) is 5.16 Å². The van der Waals surface area contributed by atoms with Crippen LogP contribution in [0, 0.1) is 17.0 Å². The van der Waals surface area contributed by atoms with Crippen LogP contribution in [0.4, 0.5) is 17.2 Å². The van der Waals surface area contributed by atoms with Gasteiger partial charge in [-0.05, 0) is 55.0 Å². The van der Waals surface area contributed by atoms with Crippen LogP contribution in [0.3, 0.4) is 0 Å². The third-order valence-corrected chi connectivity index (χ3v) is 5.20. The Balaban J connectivity index is 1.62. The summed E-state index contributed by atoms with van der Waals surface area (Å²) in [6.07, 6.45) is 2.77. The van der Waals surface area contributed by atoms with Crippen molar-refractivity contribution in [1.82, 2.24) is 5.16 Å². The van der Waals surface area contributed by atoms with Crippen LogP contribution in [0.5, 0.6) is 0 Å². The lowest BCUT2D eigenvalue weighted by atomic mass is 10.2. The minimum absolute atomic E-state index is 0.0115. The Morgan fingerprint density at radius 2 is 1.80 bits per heavy atom. The van der Waals surface area contributed by atoms with Crippen molar-refractivity contribution in [1.29, 1.82) is 0 Å². The van der Waals surface area contributed by atoms with Crippen molar-refractivity contribution in [2.45, 2.75) is 11.8 Å². The van der Waals surface area contributed by atoms with Crippen molar-refractivity contribution in [2.75, 3.05) is 10.0 Å². The number of nitro benzene ring substituents is 1. The van der Waals surface area contributed by atoms with Gasteiger partial charge in [0.05, 0.1) is 9.82 Å². The van der Waals surface area contributed by atoms with E-state index in [1.807, 2.05) is 0 Å². The van der Waals surface area contributed by atoms with Gasteiger partial charge in [0.15, 0.2) is 5.82 Å². The number of nitrogens with one attached hydrogen (secondary N) is 2. The molecule has 154 valence electrons. The first-order valence-corrected chi connectivity index (χ1v) is 10.0. The second kappa shape index (κ2) is 8.57. The van der Waals surface area contributed by atoms with E-state index in [9.17, 15) is 23.3 Å². The van der Waals surface area contributed by atoms with Gasteiger partial charge in [-0.3, -0.25) is 19.6 Å². The third kappa shape index (κ3) is 5.29.